The first-order chi connectivity index (χ1) is 6.93. The highest BCUT2D eigenvalue weighted by Gasteiger charge is 2.51. The topological polar surface area (TPSA) is 0 Å². The quantitative estimate of drug-likeness (QED) is 0.732. The van der Waals surface area contributed by atoms with E-state index in [1.807, 2.05) is 0 Å². The van der Waals surface area contributed by atoms with Crippen molar-refractivity contribution in [1.29, 1.82) is 0 Å². The van der Waals surface area contributed by atoms with Gasteiger partial charge >= 0.3 is 0 Å². The van der Waals surface area contributed by atoms with Gasteiger partial charge in [-0.25, -0.2) is 0 Å². The Morgan fingerprint density at radius 1 is 1.20 bits per heavy atom. The van der Waals surface area contributed by atoms with Gasteiger partial charge < -0.3 is 0 Å². The molecular weight excluding hydrogens is 248 g/mol. The fourth-order valence-corrected chi connectivity index (χ4v) is 2.38. The van der Waals surface area contributed by atoms with Crippen LogP contribution in [0.4, 0.5) is 0 Å². The fourth-order valence-electron chi connectivity index (χ4n) is 2.11. The maximum absolute atomic E-state index is 3.47. The third-order valence-electron chi connectivity index (χ3n) is 3.62. The summed E-state index contributed by atoms with van der Waals surface area (Å²) in [6.07, 6.45) is 4.92. The van der Waals surface area contributed by atoms with Crippen LogP contribution in [0.5, 0.6) is 0 Å². The van der Waals surface area contributed by atoms with Gasteiger partial charge in [-0.1, -0.05) is 48.8 Å². The molecule has 0 bridgehead atoms. The first-order valence-electron chi connectivity index (χ1n) is 5.52. The van der Waals surface area contributed by atoms with Crippen molar-refractivity contribution in [3.05, 3.63) is 40.7 Å². The molecule has 0 N–H and O–H groups in total. The summed E-state index contributed by atoms with van der Waals surface area (Å²) in [5.74, 6) is 0. The van der Waals surface area contributed by atoms with Crippen molar-refractivity contribution >= 4 is 15.9 Å². The molecule has 0 spiro atoms. The number of hydrogen-bond donors (Lipinski definition) is 0. The van der Waals surface area contributed by atoms with Crippen LogP contribution >= 0.6 is 15.9 Å². The van der Waals surface area contributed by atoms with Crippen LogP contribution in [0.3, 0.4) is 0 Å². The van der Waals surface area contributed by atoms with Crippen molar-refractivity contribution in [3.8, 4) is 0 Å². The Hall–Kier alpha value is -0.300. The first-order valence-corrected chi connectivity index (χ1v) is 6.31. The minimum Gasteiger partial charge on any atom is -0.0596 e. The van der Waals surface area contributed by atoms with Gasteiger partial charge in [-0.15, -0.1) is 0 Å². The summed E-state index contributed by atoms with van der Waals surface area (Å²) in [6.45, 7) is 7.03. The molecule has 1 fully saturated rings. The van der Waals surface area contributed by atoms with Crippen molar-refractivity contribution in [2.24, 2.45) is 10.8 Å². The molecule has 1 aromatic rings. The average Bonchev–Trinajstić information content (AvgIpc) is 2.89. The summed E-state index contributed by atoms with van der Waals surface area (Å²) < 4.78 is 1.16. The van der Waals surface area contributed by atoms with Crippen molar-refractivity contribution in [2.75, 3.05) is 0 Å². The van der Waals surface area contributed by atoms with E-state index in [-0.39, 0.29) is 0 Å². The van der Waals surface area contributed by atoms with Gasteiger partial charge in [0.2, 0.25) is 0 Å². The van der Waals surface area contributed by atoms with Crippen LogP contribution in [0.1, 0.15) is 32.8 Å². The second kappa shape index (κ2) is 3.62. The predicted molar refractivity (Wildman–Crippen MR) is 68.7 cm³/mol. The molecule has 1 aliphatic rings. The van der Waals surface area contributed by atoms with E-state index >= 15 is 0 Å². The van der Waals surface area contributed by atoms with E-state index in [1.54, 1.807) is 0 Å². The lowest BCUT2D eigenvalue weighted by atomic mass is 9.74. The predicted octanol–water partition coefficient (Wildman–Crippen LogP) is 4.63. The molecule has 0 nitrogen and oxygen atoms in total. The Morgan fingerprint density at radius 3 is 2.13 bits per heavy atom. The summed E-state index contributed by atoms with van der Waals surface area (Å²) in [5, 5.41) is 0. The maximum Gasteiger partial charge on any atom is 0.0175 e. The van der Waals surface area contributed by atoms with Crippen LogP contribution in [0.15, 0.2) is 28.7 Å². The second-order valence-corrected chi connectivity index (χ2v) is 6.53. The molecule has 0 saturated heterocycles. The Balaban J connectivity index is 2.13. The van der Waals surface area contributed by atoms with E-state index in [0.717, 1.165) is 4.47 Å². The molecule has 81 valence electrons. The minimum absolute atomic E-state index is 0.389. The summed E-state index contributed by atoms with van der Waals surface area (Å²) in [7, 11) is 0. The molecule has 15 heavy (non-hydrogen) atoms. The zero-order valence-electron chi connectivity index (χ0n) is 9.68. The monoisotopic (exact) mass is 265 g/mol. The van der Waals surface area contributed by atoms with Crippen LogP contribution in [0, 0.1) is 17.3 Å². The number of rotatable bonds is 2. The molecule has 1 heteroatoms. The van der Waals surface area contributed by atoms with Crippen molar-refractivity contribution in [3.63, 3.8) is 0 Å². The standard InChI is InChI=1S/C14H18Br/c1-13(2,3)14(8-9-14)10-11-4-6-12(15)7-5-11/h4-8H,9-10H2,1-3H3. The summed E-state index contributed by atoms with van der Waals surface area (Å²) in [6, 6.07) is 8.72. The fraction of sp³-hybridized carbons (Fsp3) is 0.500. The van der Waals surface area contributed by atoms with E-state index in [4.69, 9.17) is 0 Å². The molecule has 0 heterocycles. The lowest BCUT2D eigenvalue weighted by Gasteiger charge is -2.31. The van der Waals surface area contributed by atoms with Crippen molar-refractivity contribution in [2.45, 2.75) is 33.6 Å². The van der Waals surface area contributed by atoms with E-state index < -0.39 is 0 Å². The maximum atomic E-state index is 3.47. The Kier molecular flexibility index (Phi) is 2.70. The molecule has 0 amide bonds. The molecule has 1 saturated carbocycles. The third kappa shape index (κ3) is 2.28. The SMILES string of the molecule is CC(C)(C)C1(Cc2ccc(Br)cc2)[CH]C1. The van der Waals surface area contributed by atoms with E-state index in [2.05, 4.69) is 67.4 Å². The van der Waals surface area contributed by atoms with Crippen LogP contribution in [0.25, 0.3) is 0 Å². The van der Waals surface area contributed by atoms with Crippen LogP contribution in [-0.2, 0) is 6.42 Å². The molecule has 1 radical (unpaired) electrons. The van der Waals surface area contributed by atoms with Gasteiger partial charge in [-0.05, 0) is 47.8 Å². The largest absolute Gasteiger partial charge is 0.0596 e. The van der Waals surface area contributed by atoms with Gasteiger partial charge in [-0.2, -0.15) is 0 Å². The summed E-state index contributed by atoms with van der Waals surface area (Å²) >= 11 is 3.47. The van der Waals surface area contributed by atoms with Gasteiger partial charge in [0, 0.05) is 4.47 Å². The van der Waals surface area contributed by atoms with Gasteiger partial charge in [0.05, 0.1) is 0 Å². The molecule has 1 unspecified atom stereocenters. The highest BCUT2D eigenvalue weighted by molar-refractivity contribution is 9.10. The Bertz CT molecular complexity index is 339. The van der Waals surface area contributed by atoms with Gasteiger partial charge in [0.25, 0.3) is 0 Å². The van der Waals surface area contributed by atoms with Gasteiger partial charge in [-0.3, -0.25) is 0 Å². The Labute approximate surface area is 101 Å². The van der Waals surface area contributed by atoms with E-state index in [9.17, 15) is 0 Å². The smallest absolute Gasteiger partial charge is 0.0175 e. The van der Waals surface area contributed by atoms with E-state index in [0.29, 0.717) is 10.8 Å². The third-order valence-corrected chi connectivity index (χ3v) is 4.15. The Morgan fingerprint density at radius 2 is 1.73 bits per heavy atom. The molecule has 1 aliphatic carbocycles. The molecule has 2 rings (SSSR count). The highest BCUT2D eigenvalue weighted by atomic mass is 79.9. The van der Waals surface area contributed by atoms with E-state index in [1.165, 1.54) is 18.4 Å². The number of hydrogen-bond acceptors (Lipinski definition) is 0. The highest BCUT2D eigenvalue weighted by Crippen LogP contribution is 2.59. The van der Waals surface area contributed by atoms with Crippen molar-refractivity contribution in [1.82, 2.24) is 0 Å². The molecule has 0 aromatic heterocycles. The number of benzene rings is 1. The van der Waals surface area contributed by atoms with Gasteiger partial charge in [0.1, 0.15) is 0 Å². The van der Waals surface area contributed by atoms with Crippen LogP contribution in [0.2, 0.25) is 0 Å². The number of halogens is 1. The molecule has 0 aliphatic heterocycles. The summed E-state index contributed by atoms with van der Waals surface area (Å²) in [5.41, 5.74) is 2.28. The van der Waals surface area contributed by atoms with Crippen LogP contribution in [-0.4, -0.2) is 0 Å². The van der Waals surface area contributed by atoms with Gasteiger partial charge in [0.15, 0.2) is 0 Å². The second-order valence-electron chi connectivity index (χ2n) is 5.62. The zero-order valence-corrected chi connectivity index (χ0v) is 11.3. The molecule has 1 aromatic carbocycles. The lowest BCUT2D eigenvalue weighted by Crippen LogP contribution is -2.24. The van der Waals surface area contributed by atoms with Crippen LogP contribution < -0.4 is 0 Å². The summed E-state index contributed by atoms with van der Waals surface area (Å²) in [4.78, 5) is 0. The lowest BCUT2D eigenvalue weighted by molar-refractivity contribution is 0.227. The molecular formula is C14H18Br. The molecule has 1 atom stereocenters. The van der Waals surface area contributed by atoms with Crippen molar-refractivity contribution < 1.29 is 0 Å². The minimum atomic E-state index is 0.389. The zero-order chi connectivity index (χ0) is 11.1. The average molecular weight is 266 g/mol. The normalized spacial score (nSPS) is 18.9. The first kappa shape index (κ1) is 11.2.